The van der Waals surface area contributed by atoms with Crippen LogP contribution in [0.15, 0.2) is 24.3 Å². The van der Waals surface area contributed by atoms with Crippen molar-refractivity contribution in [1.82, 2.24) is 35.2 Å². The second-order valence-electron chi connectivity index (χ2n) is 11.1. The van der Waals surface area contributed by atoms with Crippen molar-refractivity contribution in [2.75, 3.05) is 45.9 Å². The van der Waals surface area contributed by atoms with Gasteiger partial charge < -0.3 is 29.5 Å². The Morgan fingerprint density at radius 2 is 1.74 bits per heavy atom. The van der Waals surface area contributed by atoms with E-state index in [2.05, 4.69) is 20.5 Å². The number of nitrogens with one attached hydrogen (secondary N) is 2. The van der Waals surface area contributed by atoms with Gasteiger partial charge in [-0.15, -0.1) is 0 Å². The van der Waals surface area contributed by atoms with Crippen molar-refractivity contribution in [2.45, 2.75) is 46.0 Å². The molecular formula is C30H34F3N7O6. The summed E-state index contributed by atoms with van der Waals surface area (Å²) in [6, 6.07) is 6.62. The number of fused-ring (bicyclic) bond motifs is 2. The normalized spacial score (nSPS) is 14.8. The third-order valence-corrected chi connectivity index (χ3v) is 7.80. The number of benzene rings is 1. The van der Waals surface area contributed by atoms with Crippen LogP contribution in [0.4, 0.5) is 18.0 Å². The smallest absolute Gasteiger partial charge is 0.435 e. The predicted octanol–water partition coefficient (Wildman–Crippen LogP) is 3.02. The summed E-state index contributed by atoms with van der Waals surface area (Å²) in [6.07, 6.45) is -3.36. The van der Waals surface area contributed by atoms with E-state index in [1.165, 1.54) is 11.0 Å². The number of H-pyrrole nitrogens is 1. The first-order chi connectivity index (χ1) is 21.9. The Balaban J connectivity index is 1.19. The number of alkyl halides is 3. The predicted molar refractivity (Wildman–Crippen MR) is 157 cm³/mol. The number of aromatic amines is 1. The molecule has 0 bridgehead atoms. The SMILES string of the molecule is CCCCOC(=O)N1CCN(C(=O)CNC(=O)c2cc(OCC(=O)N3Cc4[nH]nc(C(F)(F)F)c4C3)c3ccc(C)cc3n2)CC1. The van der Waals surface area contributed by atoms with Crippen LogP contribution in [-0.4, -0.2) is 99.6 Å². The quantitative estimate of drug-likeness (QED) is 0.338. The molecule has 2 aliphatic heterocycles. The molecule has 0 atom stereocenters. The number of carbonyl (C=O) groups excluding carboxylic acids is 4. The summed E-state index contributed by atoms with van der Waals surface area (Å²) >= 11 is 0. The van der Waals surface area contributed by atoms with Crippen molar-refractivity contribution >= 4 is 34.7 Å². The number of nitrogens with zero attached hydrogens (tertiary/aromatic N) is 5. The Morgan fingerprint density at radius 1 is 1.00 bits per heavy atom. The summed E-state index contributed by atoms with van der Waals surface area (Å²) in [5, 5.41) is 8.78. The first kappa shape index (κ1) is 32.5. The van der Waals surface area contributed by atoms with Crippen LogP contribution < -0.4 is 10.1 Å². The van der Waals surface area contributed by atoms with Gasteiger partial charge in [0, 0.05) is 43.2 Å². The van der Waals surface area contributed by atoms with Crippen LogP contribution in [0.25, 0.3) is 10.9 Å². The van der Waals surface area contributed by atoms with Gasteiger partial charge in [0.25, 0.3) is 11.8 Å². The molecule has 1 fully saturated rings. The van der Waals surface area contributed by atoms with Crippen molar-refractivity contribution in [3.05, 3.63) is 52.5 Å². The summed E-state index contributed by atoms with van der Waals surface area (Å²) in [4.78, 5) is 59.7. The minimum absolute atomic E-state index is 0.0509. The summed E-state index contributed by atoms with van der Waals surface area (Å²) < 4.78 is 50.8. The molecule has 1 saturated heterocycles. The van der Waals surface area contributed by atoms with Crippen LogP contribution in [0.5, 0.6) is 5.75 Å². The van der Waals surface area contributed by atoms with E-state index in [0.29, 0.717) is 43.7 Å². The first-order valence-electron chi connectivity index (χ1n) is 14.9. The molecular weight excluding hydrogens is 611 g/mol. The molecule has 2 aliphatic rings. The van der Waals surface area contributed by atoms with E-state index in [9.17, 15) is 32.3 Å². The summed E-state index contributed by atoms with van der Waals surface area (Å²) in [6.45, 7) is 4.29. The van der Waals surface area contributed by atoms with Crippen molar-refractivity contribution < 1.29 is 41.8 Å². The van der Waals surface area contributed by atoms with Crippen molar-refractivity contribution in [3.8, 4) is 5.75 Å². The zero-order chi connectivity index (χ0) is 33.0. The molecule has 16 heteroatoms. The molecule has 2 aromatic heterocycles. The van der Waals surface area contributed by atoms with Gasteiger partial charge in [-0.25, -0.2) is 9.78 Å². The molecule has 0 aliphatic carbocycles. The minimum atomic E-state index is -4.65. The van der Waals surface area contributed by atoms with E-state index in [1.807, 2.05) is 13.8 Å². The maximum Gasteiger partial charge on any atom is 0.435 e. The molecule has 4 amide bonds. The van der Waals surface area contributed by atoms with Gasteiger partial charge >= 0.3 is 12.3 Å². The maximum absolute atomic E-state index is 13.2. The number of unbranched alkanes of at least 4 members (excludes halogenated alkanes) is 1. The zero-order valence-electron chi connectivity index (χ0n) is 25.4. The minimum Gasteiger partial charge on any atom is -0.483 e. The average molecular weight is 646 g/mol. The third-order valence-electron chi connectivity index (χ3n) is 7.80. The van der Waals surface area contributed by atoms with Gasteiger partial charge in [0.1, 0.15) is 11.4 Å². The zero-order valence-corrected chi connectivity index (χ0v) is 25.4. The number of rotatable bonds is 9. The molecule has 0 saturated carbocycles. The van der Waals surface area contributed by atoms with Crippen molar-refractivity contribution in [2.24, 2.45) is 0 Å². The molecule has 5 rings (SSSR count). The fourth-order valence-corrected chi connectivity index (χ4v) is 5.22. The van der Waals surface area contributed by atoms with Gasteiger partial charge in [0.05, 0.1) is 37.5 Å². The Morgan fingerprint density at radius 3 is 2.46 bits per heavy atom. The molecule has 0 radical (unpaired) electrons. The van der Waals surface area contributed by atoms with Crippen molar-refractivity contribution in [3.63, 3.8) is 0 Å². The third kappa shape index (κ3) is 7.32. The van der Waals surface area contributed by atoms with Crippen LogP contribution in [0, 0.1) is 6.92 Å². The lowest BCUT2D eigenvalue weighted by molar-refractivity contribution is -0.143. The Kier molecular flexibility index (Phi) is 9.63. The number of aromatic nitrogens is 3. The summed E-state index contributed by atoms with van der Waals surface area (Å²) in [5.41, 5.74) is 0.311. The Labute approximate surface area is 262 Å². The highest BCUT2D eigenvalue weighted by Crippen LogP contribution is 2.35. The number of piperazine rings is 1. The second kappa shape index (κ2) is 13.6. The van der Waals surface area contributed by atoms with E-state index in [1.54, 1.807) is 28.0 Å². The number of hydrogen-bond donors (Lipinski definition) is 2. The summed E-state index contributed by atoms with van der Waals surface area (Å²) in [7, 11) is 0. The highest BCUT2D eigenvalue weighted by Gasteiger charge is 2.41. The lowest BCUT2D eigenvalue weighted by Gasteiger charge is -2.34. The number of amides is 4. The molecule has 0 spiro atoms. The van der Waals surface area contributed by atoms with Crippen LogP contribution in [0.3, 0.4) is 0 Å². The van der Waals surface area contributed by atoms with E-state index in [-0.39, 0.29) is 48.2 Å². The highest BCUT2D eigenvalue weighted by molar-refractivity contribution is 5.98. The molecule has 1 aromatic carbocycles. The van der Waals surface area contributed by atoms with Gasteiger partial charge in [-0.2, -0.15) is 18.3 Å². The average Bonchev–Trinajstić information content (AvgIpc) is 3.63. The van der Waals surface area contributed by atoms with E-state index in [0.717, 1.165) is 18.4 Å². The molecule has 4 heterocycles. The van der Waals surface area contributed by atoms with Crippen LogP contribution in [0.1, 0.15) is 52.8 Å². The molecule has 2 N–H and O–H groups in total. The molecule has 46 heavy (non-hydrogen) atoms. The molecule has 246 valence electrons. The number of ether oxygens (including phenoxy) is 2. The topological polar surface area (TPSA) is 150 Å². The van der Waals surface area contributed by atoms with Gasteiger partial charge in [-0.3, -0.25) is 19.5 Å². The first-order valence-corrected chi connectivity index (χ1v) is 14.9. The largest absolute Gasteiger partial charge is 0.483 e. The van der Waals surface area contributed by atoms with Crippen molar-refractivity contribution in [1.29, 1.82) is 0 Å². The fraction of sp³-hybridized carbons (Fsp3) is 0.467. The van der Waals surface area contributed by atoms with Crippen LogP contribution in [0.2, 0.25) is 0 Å². The number of hydrogen-bond acceptors (Lipinski definition) is 8. The van der Waals surface area contributed by atoms with Gasteiger partial charge in [0.2, 0.25) is 5.91 Å². The van der Waals surface area contributed by atoms with Crippen LogP contribution in [-0.2, 0) is 33.6 Å². The maximum atomic E-state index is 13.2. The monoisotopic (exact) mass is 645 g/mol. The van der Waals surface area contributed by atoms with E-state index in [4.69, 9.17) is 9.47 Å². The second-order valence-corrected chi connectivity index (χ2v) is 11.1. The molecule has 0 unspecified atom stereocenters. The van der Waals surface area contributed by atoms with Crippen LogP contribution >= 0.6 is 0 Å². The lowest BCUT2D eigenvalue weighted by atomic mass is 10.1. The fourth-order valence-electron chi connectivity index (χ4n) is 5.22. The number of halogens is 3. The lowest BCUT2D eigenvalue weighted by Crippen LogP contribution is -2.52. The van der Waals surface area contributed by atoms with E-state index < -0.39 is 36.4 Å². The molecule has 3 aromatic rings. The summed E-state index contributed by atoms with van der Waals surface area (Å²) in [5.74, 6) is -1.35. The van der Waals surface area contributed by atoms with Gasteiger partial charge in [-0.1, -0.05) is 19.4 Å². The Bertz CT molecular complexity index is 1630. The standard InChI is InChI=1S/C30H34F3N7O6/c1-3-4-11-45-29(44)39-9-7-38(8-10-39)25(41)14-34-28(43)22-13-24(19-6-5-18(2)12-21(19)35-22)46-17-26(42)40-15-20-23(16-40)36-37-27(20)30(31,32)33/h5-6,12-13H,3-4,7-11,14-17H2,1-2H3,(H,34,43)(H,36,37). The number of pyridine rings is 1. The van der Waals surface area contributed by atoms with Gasteiger partial charge in [-0.05, 0) is 31.0 Å². The van der Waals surface area contributed by atoms with Gasteiger partial charge in [0.15, 0.2) is 12.3 Å². The number of carbonyl (C=O) groups is 4. The van der Waals surface area contributed by atoms with E-state index >= 15 is 0 Å². The Hall–Kier alpha value is -4.89. The highest BCUT2D eigenvalue weighted by atomic mass is 19.4. The number of aryl methyl sites for hydroxylation is 1. The molecule has 13 nitrogen and oxygen atoms in total.